The van der Waals surface area contributed by atoms with Crippen LogP contribution in [0.25, 0.3) is 11.0 Å². The lowest BCUT2D eigenvalue weighted by molar-refractivity contribution is 0.222. The molecule has 0 amide bonds. The van der Waals surface area contributed by atoms with E-state index in [-0.39, 0.29) is 0 Å². The van der Waals surface area contributed by atoms with E-state index in [4.69, 9.17) is 21.3 Å². The molecule has 1 aliphatic rings. The first-order chi connectivity index (χ1) is 10.1. The lowest BCUT2D eigenvalue weighted by Crippen LogP contribution is -2.23. The van der Waals surface area contributed by atoms with Crippen molar-refractivity contribution in [1.82, 2.24) is 9.55 Å². The van der Waals surface area contributed by atoms with Crippen molar-refractivity contribution in [1.29, 1.82) is 0 Å². The smallest absolute Gasteiger partial charge is 0.125 e. The SMILES string of the molecule is COc1ccc2nc(CCl)n(C3CC(C)CC(C)C3)c2c1. The van der Waals surface area contributed by atoms with E-state index in [1.54, 1.807) is 7.11 Å². The second-order valence-electron chi connectivity index (χ2n) is 6.46. The highest BCUT2D eigenvalue weighted by atomic mass is 35.5. The number of aromatic nitrogens is 2. The van der Waals surface area contributed by atoms with Crippen LogP contribution in [-0.4, -0.2) is 16.7 Å². The number of nitrogens with zero attached hydrogens (tertiary/aromatic N) is 2. The number of methoxy groups -OCH3 is 1. The van der Waals surface area contributed by atoms with Gasteiger partial charge < -0.3 is 9.30 Å². The average molecular weight is 307 g/mol. The largest absolute Gasteiger partial charge is 0.497 e. The molecule has 1 fully saturated rings. The second kappa shape index (κ2) is 5.88. The average Bonchev–Trinajstić information content (AvgIpc) is 2.83. The van der Waals surface area contributed by atoms with Crippen molar-refractivity contribution in [2.24, 2.45) is 11.8 Å². The van der Waals surface area contributed by atoms with Gasteiger partial charge in [0.2, 0.25) is 0 Å². The molecule has 21 heavy (non-hydrogen) atoms. The highest BCUT2D eigenvalue weighted by Gasteiger charge is 2.28. The van der Waals surface area contributed by atoms with Crippen LogP contribution in [0, 0.1) is 11.8 Å². The molecule has 3 nitrogen and oxygen atoms in total. The first-order valence-electron chi connectivity index (χ1n) is 7.73. The Labute approximate surface area is 131 Å². The quantitative estimate of drug-likeness (QED) is 0.763. The van der Waals surface area contributed by atoms with Gasteiger partial charge in [-0.3, -0.25) is 0 Å². The maximum absolute atomic E-state index is 6.15. The zero-order chi connectivity index (χ0) is 15.0. The predicted molar refractivity (Wildman–Crippen MR) is 87.1 cm³/mol. The second-order valence-corrected chi connectivity index (χ2v) is 6.72. The number of hydrogen-bond acceptors (Lipinski definition) is 2. The lowest BCUT2D eigenvalue weighted by atomic mass is 9.80. The van der Waals surface area contributed by atoms with Gasteiger partial charge in [0.05, 0.1) is 24.0 Å². The van der Waals surface area contributed by atoms with Gasteiger partial charge in [-0.05, 0) is 43.2 Å². The van der Waals surface area contributed by atoms with Gasteiger partial charge in [-0.15, -0.1) is 11.6 Å². The molecule has 1 aromatic carbocycles. The highest BCUT2D eigenvalue weighted by molar-refractivity contribution is 6.16. The summed E-state index contributed by atoms with van der Waals surface area (Å²) in [5.74, 6) is 3.82. The number of halogens is 1. The first-order valence-corrected chi connectivity index (χ1v) is 8.26. The molecule has 1 saturated carbocycles. The number of imidazole rings is 1. The summed E-state index contributed by atoms with van der Waals surface area (Å²) in [5.41, 5.74) is 2.16. The molecule has 3 rings (SSSR count). The molecule has 1 aliphatic carbocycles. The predicted octanol–water partition coefficient (Wildman–Crippen LogP) is 4.78. The topological polar surface area (TPSA) is 27.1 Å². The Morgan fingerprint density at radius 3 is 2.57 bits per heavy atom. The number of fused-ring (bicyclic) bond motifs is 1. The molecule has 2 aromatic rings. The number of rotatable bonds is 3. The molecular formula is C17H23ClN2O. The van der Waals surface area contributed by atoms with Crippen molar-refractivity contribution < 1.29 is 4.74 Å². The Bertz CT molecular complexity index is 627. The maximum atomic E-state index is 6.15. The number of benzene rings is 1. The van der Waals surface area contributed by atoms with E-state index in [0.717, 1.165) is 34.4 Å². The number of alkyl halides is 1. The highest BCUT2D eigenvalue weighted by Crippen LogP contribution is 2.39. The number of hydrogen-bond donors (Lipinski definition) is 0. The van der Waals surface area contributed by atoms with Crippen LogP contribution in [0.5, 0.6) is 5.75 Å². The minimum Gasteiger partial charge on any atom is -0.497 e. The first kappa shape index (κ1) is 14.7. The molecule has 1 heterocycles. The van der Waals surface area contributed by atoms with Gasteiger partial charge in [0.15, 0.2) is 0 Å². The third-order valence-corrected chi connectivity index (χ3v) is 4.85. The van der Waals surface area contributed by atoms with E-state index in [1.165, 1.54) is 19.3 Å². The minimum absolute atomic E-state index is 0.455. The van der Waals surface area contributed by atoms with Crippen molar-refractivity contribution in [3.63, 3.8) is 0 Å². The summed E-state index contributed by atoms with van der Waals surface area (Å²) < 4.78 is 7.73. The van der Waals surface area contributed by atoms with Crippen LogP contribution in [0.2, 0.25) is 0 Å². The molecule has 0 bridgehead atoms. The monoisotopic (exact) mass is 306 g/mol. The van der Waals surface area contributed by atoms with Crippen LogP contribution in [0.4, 0.5) is 0 Å². The number of ether oxygens (including phenoxy) is 1. The van der Waals surface area contributed by atoms with E-state index in [9.17, 15) is 0 Å². The molecular weight excluding hydrogens is 284 g/mol. The summed E-state index contributed by atoms with van der Waals surface area (Å²) in [6, 6.07) is 6.57. The van der Waals surface area contributed by atoms with E-state index in [0.29, 0.717) is 11.9 Å². The Hall–Kier alpha value is -1.22. The fourth-order valence-electron chi connectivity index (χ4n) is 3.87. The molecule has 0 N–H and O–H groups in total. The molecule has 0 spiro atoms. The standard InChI is InChI=1S/C17H23ClN2O/c1-11-6-12(2)8-13(7-11)20-16-9-14(21-3)4-5-15(16)19-17(20)10-18/h4-5,9,11-13H,6-8,10H2,1-3H3. The van der Waals surface area contributed by atoms with Gasteiger partial charge in [0.1, 0.15) is 11.6 Å². The Morgan fingerprint density at radius 1 is 1.24 bits per heavy atom. The Kier molecular flexibility index (Phi) is 4.12. The van der Waals surface area contributed by atoms with Crippen molar-refractivity contribution in [2.45, 2.75) is 45.0 Å². The Morgan fingerprint density at radius 2 is 1.95 bits per heavy atom. The minimum atomic E-state index is 0.455. The summed E-state index contributed by atoms with van der Waals surface area (Å²) in [5, 5.41) is 0. The summed E-state index contributed by atoms with van der Waals surface area (Å²) in [6.45, 7) is 4.70. The molecule has 114 valence electrons. The van der Waals surface area contributed by atoms with Gasteiger partial charge in [-0.2, -0.15) is 0 Å². The molecule has 0 saturated heterocycles. The Balaban J connectivity index is 2.10. The molecule has 4 heteroatoms. The fourth-order valence-corrected chi connectivity index (χ4v) is 4.06. The summed E-state index contributed by atoms with van der Waals surface area (Å²) in [4.78, 5) is 4.71. The molecule has 2 unspecified atom stereocenters. The van der Waals surface area contributed by atoms with E-state index in [1.807, 2.05) is 12.1 Å². The molecule has 2 atom stereocenters. The fraction of sp³-hybridized carbons (Fsp3) is 0.588. The van der Waals surface area contributed by atoms with Crippen LogP contribution in [0.1, 0.15) is 45.0 Å². The normalized spacial score (nSPS) is 26.2. The molecule has 0 radical (unpaired) electrons. The van der Waals surface area contributed by atoms with Crippen LogP contribution >= 0.6 is 11.6 Å². The van der Waals surface area contributed by atoms with E-state index >= 15 is 0 Å². The van der Waals surface area contributed by atoms with Crippen molar-refractivity contribution in [3.8, 4) is 5.75 Å². The zero-order valence-corrected chi connectivity index (χ0v) is 13.7. The van der Waals surface area contributed by atoms with Gasteiger partial charge in [0.25, 0.3) is 0 Å². The van der Waals surface area contributed by atoms with Crippen LogP contribution in [0.3, 0.4) is 0 Å². The maximum Gasteiger partial charge on any atom is 0.125 e. The van der Waals surface area contributed by atoms with Crippen LogP contribution in [-0.2, 0) is 5.88 Å². The van der Waals surface area contributed by atoms with Gasteiger partial charge >= 0.3 is 0 Å². The summed E-state index contributed by atoms with van der Waals surface area (Å²) in [7, 11) is 1.70. The molecule has 1 aromatic heterocycles. The van der Waals surface area contributed by atoms with Gasteiger partial charge in [0, 0.05) is 12.1 Å². The van der Waals surface area contributed by atoms with Gasteiger partial charge in [-0.25, -0.2) is 4.98 Å². The van der Waals surface area contributed by atoms with Crippen LogP contribution < -0.4 is 4.74 Å². The summed E-state index contributed by atoms with van der Waals surface area (Å²) in [6.07, 6.45) is 3.73. The van der Waals surface area contributed by atoms with E-state index < -0.39 is 0 Å². The lowest BCUT2D eigenvalue weighted by Gasteiger charge is -2.33. The zero-order valence-electron chi connectivity index (χ0n) is 13.0. The molecule has 0 aliphatic heterocycles. The third-order valence-electron chi connectivity index (χ3n) is 4.61. The third kappa shape index (κ3) is 2.76. The van der Waals surface area contributed by atoms with E-state index in [2.05, 4.69) is 24.5 Å². The van der Waals surface area contributed by atoms with Crippen molar-refractivity contribution in [3.05, 3.63) is 24.0 Å². The van der Waals surface area contributed by atoms with Gasteiger partial charge in [-0.1, -0.05) is 13.8 Å². The van der Waals surface area contributed by atoms with Crippen molar-refractivity contribution in [2.75, 3.05) is 7.11 Å². The van der Waals surface area contributed by atoms with Crippen LogP contribution in [0.15, 0.2) is 18.2 Å². The van der Waals surface area contributed by atoms with Crippen molar-refractivity contribution >= 4 is 22.6 Å². The summed E-state index contributed by atoms with van der Waals surface area (Å²) >= 11 is 6.15.